The molecule has 0 aromatic heterocycles. The largest absolute Gasteiger partial charge is 0.347 e. The molecule has 0 unspecified atom stereocenters. The van der Waals surface area contributed by atoms with Crippen LogP contribution in [-0.4, -0.2) is 24.4 Å². The van der Waals surface area contributed by atoms with Crippen molar-refractivity contribution in [3.63, 3.8) is 0 Å². The van der Waals surface area contributed by atoms with Crippen LogP contribution in [-0.2, 0) is 9.59 Å². The van der Waals surface area contributed by atoms with Crippen LogP contribution in [0, 0.1) is 0 Å². The number of amides is 2. The second-order valence-corrected chi connectivity index (χ2v) is 5.48. The molecule has 1 aromatic rings. The van der Waals surface area contributed by atoms with Gasteiger partial charge >= 0.3 is 11.8 Å². The lowest BCUT2D eigenvalue weighted by molar-refractivity contribution is -0.139. The third-order valence-corrected chi connectivity index (χ3v) is 3.83. The van der Waals surface area contributed by atoms with Crippen LogP contribution in [0.25, 0.3) is 0 Å². The van der Waals surface area contributed by atoms with E-state index < -0.39 is 11.8 Å². The zero-order valence-corrected chi connectivity index (χ0v) is 11.9. The Labute approximate surface area is 119 Å². The Morgan fingerprint density at radius 1 is 1.15 bits per heavy atom. The average Bonchev–Trinajstić information content (AvgIpc) is 2.98. The summed E-state index contributed by atoms with van der Waals surface area (Å²) in [5.74, 6) is -0.837. The molecule has 0 heterocycles. The predicted octanol–water partition coefficient (Wildman–Crippen LogP) is 1.97. The third-order valence-electron chi connectivity index (χ3n) is 3.83. The first kappa shape index (κ1) is 14.6. The van der Waals surface area contributed by atoms with Crippen LogP contribution in [0.2, 0.25) is 0 Å². The fraction of sp³-hybridized carbons (Fsp3) is 0.500. The highest BCUT2D eigenvalue weighted by atomic mass is 16.2. The van der Waals surface area contributed by atoms with Crippen molar-refractivity contribution in [3.8, 4) is 0 Å². The molecule has 20 heavy (non-hydrogen) atoms. The van der Waals surface area contributed by atoms with Crippen molar-refractivity contribution in [1.29, 1.82) is 0 Å². The van der Waals surface area contributed by atoms with Gasteiger partial charge in [0.15, 0.2) is 0 Å². The average molecular weight is 274 g/mol. The molecule has 0 radical (unpaired) electrons. The number of carbonyl (C=O) groups excluding carboxylic acids is 2. The van der Waals surface area contributed by atoms with Gasteiger partial charge in [0.25, 0.3) is 0 Å². The standard InChI is InChI=1S/C16H22N2O2/c1-12(13-7-3-2-4-8-13)11-17-15(19)16(20)18-14-9-5-6-10-14/h2-4,7-8,12,14H,5-6,9-11H2,1H3,(H,17,19)(H,18,20)/t12-/m0/s1. The van der Waals surface area contributed by atoms with Crippen molar-refractivity contribution in [2.24, 2.45) is 0 Å². The highest BCUT2D eigenvalue weighted by Gasteiger charge is 2.21. The quantitative estimate of drug-likeness (QED) is 0.825. The van der Waals surface area contributed by atoms with Crippen molar-refractivity contribution in [2.75, 3.05) is 6.54 Å². The summed E-state index contributed by atoms with van der Waals surface area (Å²) in [7, 11) is 0. The van der Waals surface area contributed by atoms with E-state index in [1.165, 1.54) is 0 Å². The second-order valence-electron chi connectivity index (χ2n) is 5.48. The van der Waals surface area contributed by atoms with E-state index in [1.54, 1.807) is 0 Å². The summed E-state index contributed by atoms with van der Waals surface area (Å²) in [6, 6.07) is 10.1. The lowest BCUT2D eigenvalue weighted by Gasteiger charge is -2.14. The van der Waals surface area contributed by atoms with Crippen molar-refractivity contribution in [2.45, 2.75) is 44.6 Å². The summed E-state index contributed by atoms with van der Waals surface area (Å²) in [6.07, 6.45) is 4.24. The molecule has 1 aromatic carbocycles. The van der Waals surface area contributed by atoms with E-state index in [2.05, 4.69) is 10.6 Å². The molecule has 4 nitrogen and oxygen atoms in total. The molecule has 4 heteroatoms. The zero-order valence-electron chi connectivity index (χ0n) is 11.9. The van der Waals surface area contributed by atoms with Crippen molar-refractivity contribution in [1.82, 2.24) is 10.6 Å². The number of nitrogens with one attached hydrogen (secondary N) is 2. The van der Waals surface area contributed by atoms with Crippen molar-refractivity contribution in [3.05, 3.63) is 35.9 Å². The highest BCUT2D eigenvalue weighted by Crippen LogP contribution is 2.17. The van der Waals surface area contributed by atoms with Gasteiger partial charge in [0.05, 0.1) is 0 Å². The normalized spacial score (nSPS) is 16.6. The topological polar surface area (TPSA) is 58.2 Å². The van der Waals surface area contributed by atoms with E-state index in [0.29, 0.717) is 6.54 Å². The molecule has 1 atom stereocenters. The number of rotatable bonds is 4. The number of hydrogen-bond donors (Lipinski definition) is 2. The lowest BCUT2D eigenvalue weighted by Crippen LogP contribution is -2.44. The van der Waals surface area contributed by atoms with Gasteiger partial charge in [-0.25, -0.2) is 0 Å². The summed E-state index contributed by atoms with van der Waals surface area (Å²) in [5.41, 5.74) is 1.16. The van der Waals surface area contributed by atoms with Crippen LogP contribution in [0.15, 0.2) is 30.3 Å². The van der Waals surface area contributed by atoms with E-state index in [9.17, 15) is 9.59 Å². The minimum Gasteiger partial charge on any atom is -0.347 e. The van der Waals surface area contributed by atoms with Gasteiger partial charge < -0.3 is 10.6 Å². The van der Waals surface area contributed by atoms with Gasteiger partial charge in [-0.15, -0.1) is 0 Å². The first-order valence-electron chi connectivity index (χ1n) is 7.30. The van der Waals surface area contributed by atoms with Gasteiger partial charge in [-0.3, -0.25) is 9.59 Å². The lowest BCUT2D eigenvalue weighted by atomic mass is 10.0. The summed E-state index contributed by atoms with van der Waals surface area (Å²) < 4.78 is 0. The number of hydrogen-bond acceptors (Lipinski definition) is 2. The fourth-order valence-corrected chi connectivity index (χ4v) is 2.55. The Morgan fingerprint density at radius 2 is 1.80 bits per heavy atom. The highest BCUT2D eigenvalue weighted by molar-refractivity contribution is 6.35. The number of carbonyl (C=O) groups is 2. The van der Waals surface area contributed by atoms with Crippen LogP contribution in [0.5, 0.6) is 0 Å². The summed E-state index contributed by atoms with van der Waals surface area (Å²) in [4.78, 5) is 23.5. The molecule has 1 aliphatic rings. The van der Waals surface area contributed by atoms with E-state index in [-0.39, 0.29) is 12.0 Å². The first-order valence-corrected chi connectivity index (χ1v) is 7.30. The molecular weight excluding hydrogens is 252 g/mol. The molecule has 0 saturated heterocycles. The predicted molar refractivity (Wildman–Crippen MR) is 78.3 cm³/mol. The Kier molecular flexibility index (Phi) is 5.16. The van der Waals surface area contributed by atoms with E-state index in [1.807, 2.05) is 37.3 Å². The van der Waals surface area contributed by atoms with Crippen molar-refractivity contribution < 1.29 is 9.59 Å². The minimum atomic E-state index is -0.528. The zero-order chi connectivity index (χ0) is 14.4. The van der Waals surface area contributed by atoms with E-state index in [0.717, 1.165) is 31.2 Å². The molecule has 1 fully saturated rings. The maximum Gasteiger partial charge on any atom is 0.309 e. The Balaban J connectivity index is 1.75. The van der Waals surface area contributed by atoms with Crippen molar-refractivity contribution >= 4 is 11.8 Å². The van der Waals surface area contributed by atoms with Gasteiger partial charge in [0.2, 0.25) is 0 Å². The second kappa shape index (κ2) is 7.08. The molecule has 108 valence electrons. The molecule has 0 aliphatic heterocycles. The fourth-order valence-electron chi connectivity index (χ4n) is 2.55. The van der Waals surface area contributed by atoms with Gasteiger partial charge in [-0.2, -0.15) is 0 Å². The van der Waals surface area contributed by atoms with Crippen LogP contribution < -0.4 is 10.6 Å². The van der Waals surface area contributed by atoms with Gasteiger partial charge in [-0.05, 0) is 24.3 Å². The van der Waals surface area contributed by atoms with Crippen LogP contribution in [0.1, 0.15) is 44.1 Å². The van der Waals surface area contributed by atoms with E-state index >= 15 is 0 Å². The summed E-state index contributed by atoms with van der Waals surface area (Å²) in [5, 5.41) is 5.49. The third kappa shape index (κ3) is 4.08. The molecule has 1 aliphatic carbocycles. The Hall–Kier alpha value is -1.84. The monoisotopic (exact) mass is 274 g/mol. The van der Waals surface area contributed by atoms with Crippen LogP contribution in [0.4, 0.5) is 0 Å². The van der Waals surface area contributed by atoms with Crippen LogP contribution in [0.3, 0.4) is 0 Å². The van der Waals surface area contributed by atoms with Crippen LogP contribution >= 0.6 is 0 Å². The molecule has 1 saturated carbocycles. The minimum absolute atomic E-state index is 0.180. The summed E-state index contributed by atoms with van der Waals surface area (Å²) in [6.45, 7) is 2.51. The molecule has 0 bridgehead atoms. The van der Waals surface area contributed by atoms with E-state index in [4.69, 9.17) is 0 Å². The Bertz CT molecular complexity index is 453. The Morgan fingerprint density at radius 3 is 2.45 bits per heavy atom. The molecule has 0 spiro atoms. The smallest absolute Gasteiger partial charge is 0.309 e. The number of benzene rings is 1. The molecule has 2 amide bonds. The molecular formula is C16H22N2O2. The molecule has 2 N–H and O–H groups in total. The maximum atomic E-state index is 11.7. The maximum absolute atomic E-state index is 11.7. The summed E-state index contributed by atoms with van der Waals surface area (Å²) >= 11 is 0. The van der Waals surface area contributed by atoms with Gasteiger partial charge in [-0.1, -0.05) is 50.1 Å². The van der Waals surface area contributed by atoms with Gasteiger partial charge in [0, 0.05) is 12.6 Å². The first-order chi connectivity index (χ1) is 9.66. The SMILES string of the molecule is C[C@@H](CNC(=O)C(=O)NC1CCCC1)c1ccccc1. The van der Waals surface area contributed by atoms with Gasteiger partial charge in [0.1, 0.15) is 0 Å². The molecule has 2 rings (SSSR count).